The Morgan fingerprint density at radius 2 is 1.50 bits per heavy atom. The first kappa shape index (κ1) is 23.5. The van der Waals surface area contributed by atoms with Crippen LogP contribution in [0.4, 0.5) is 10.1 Å². The first-order valence-electron chi connectivity index (χ1n) is 10.4. The van der Waals surface area contributed by atoms with Crippen molar-refractivity contribution in [3.8, 4) is 0 Å². The van der Waals surface area contributed by atoms with Gasteiger partial charge in [0, 0.05) is 5.56 Å². The largest absolute Gasteiger partial charge is 0.346 e. The van der Waals surface area contributed by atoms with E-state index in [0.717, 1.165) is 18.2 Å². The number of nitrogens with zero attached hydrogens (tertiary/aromatic N) is 1. The van der Waals surface area contributed by atoms with E-state index >= 15 is 0 Å². The minimum absolute atomic E-state index is 0.0649. The van der Waals surface area contributed by atoms with Crippen LogP contribution in [0.2, 0.25) is 0 Å². The molecular formula is C25H27FN2O3S. The average molecular weight is 455 g/mol. The second kappa shape index (κ2) is 9.96. The molecule has 1 N–H and O–H groups in total. The Labute approximate surface area is 188 Å². The van der Waals surface area contributed by atoms with E-state index in [1.165, 1.54) is 22.0 Å². The molecule has 0 spiro atoms. The monoisotopic (exact) mass is 454 g/mol. The van der Waals surface area contributed by atoms with Crippen molar-refractivity contribution in [3.63, 3.8) is 0 Å². The van der Waals surface area contributed by atoms with Crippen molar-refractivity contribution in [1.29, 1.82) is 0 Å². The summed E-state index contributed by atoms with van der Waals surface area (Å²) in [6, 6.07) is 20.0. The number of hydrogen-bond donors (Lipinski definition) is 1. The molecule has 0 unspecified atom stereocenters. The highest BCUT2D eigenvalue weighted by atomic mass is 32.2. The average Bonchev–Trinajstić information content (AvgIpc) is 2.78. The van der Waals surface area contributed by atoms with Crippen LogP contribution in [-0.2, 0) is 23.0 Å². The van der Waals surface area contributed by atoms with Gasteiger partial charge in [0.05, 0.1) is 24.5 Å². The third-order valence-corrected chi connectivity index (χ3v) is 6.43. The van der Waals surface area contributed by atoms with Gasteiger partial charge in [-0.15, -0.1) is 0 Å². The molecular weight excluding hydrogens is 427 g/mol. The molecule has 7 heteroatoms. The maximum Gasteiger partial charge on any atom is 0.251 e. The van der Waals surface area contributed by atoms with Crippen molar-refractivity contribution in [1.82, 2.24) is 5.32 Å². The third kappa shape index (κ3) is 5.95. The fourth-order valence-corrected chi connectivity index (χ4v) is 4.23. The molecule has 3 aromatic rings. The number of carbonyl (C=O) groups is 1. The Balaban J connectivity index is 1.73. The Bertz CT molecular complexity index is 1160. The molecule has 32 heavy (non-hydrogen) atoms. The topological polar surface area (TPSA) is 66.5 Å². The number of hydrogen-bond acceptors (Lipinski definition) is 3. The fraction of sp³-hybridized carbons (Fsp3) is 0.240. The summed E-state index contributed by atoms with van der Waals surface area (Å²) < 4.78 is 39.1. The van der Waals surface area contributed by atoms with Gasteiger partial charge in [-0.1, -0.05) is 43.3 Å². The van der Waals surface area contributed by atoms with E-state index in [1.807, 2.05) is 31.2 Å². The smallest absolute Gasteiger partial charge is 0.251 e. The molecule has 0 radical (unpaired) electrons. The predicted molar refractivity (Wildman–Crippen MR) is 126 cm³/mol. The van der Waals surface area contributed by atoms with Crippen molar-refractivity contribution >= 4 is 21.6 Å². The van der Waals surface area contributed by atoms with Gasteiger partial charge in [0.1, 0.15) is 5.82 Å². The summed E-state index contributed by atoms with van der Waals surface area (Å²) in [5.41, 5.74) is 3.76. The summed E-state index contributed by atoms with van der Waals surface area (Å²) in [5, 5.41) is 2.97. The Morgan fingerprint density at radius 1 is 0.938 bits per heavy atom. The van der Waals surface area contributed by atoms with Crippen molar-refractivity contribution in [3.05, 3.63) is 101 Å². The summed E-state index contributed by atoms with van der Waals surface area (Å²) in [6.07, 6.45) is 2.07. The molecule has 0 fully saturated rings. The van der Waals surface area contributed by atoms with Crippen LogP contribution in [-0.4, -0.2) is 20.6 Å². The zero-order valence-corrected chi connectivity index (χ0v) is 19.2. The lowest BCUT2D eigenvalue weighted by atomic mass is 10.0. The van der Waals surface area contributed by atoms with E-state index in [4.69, 9.17) is 0 Å². The lowest BCUT2D eigenvalue weighted by molar-refractivity contribution is 0.0940. The van der Waals surface area contributed by atoms with E-state index in [9.17, 15) is 17.6 Å². The molecule has 0 aliphatic carbocycles. The van der Waals surface area contributed by atoms with Crippen molar-refractivity contribution in [2.45, 2.75) is 32.9 Å². The summed E-state index contributed by atoms with van der Waals surface area (Å²) in [4.78, 5) is 12.7. The van der Waals surface area contributed by atoms with Crippen LogP contribution in [0.5, 0.6) is 0 Å². The standard InChI is InChI=1S/C25H27FN2O3S/c1-4-19-5-9-21(10-6-19)18(2)27-25(29)22-11-15-24(16-12-22)28(32(3,30)31)17-20-7-13-23(26)14-8-20/h5-16,18H,4,17H2,1-3H3,(H,27,29)/t18-/m1/s1. The van der Waals surface area contributed by atoms with Gasteiger partial charge in [-0.05, 0) is 66.4 Å². The minimum atomic E-state index is -3.58. The first-order valence-corrected chi connectivity index (χ1v) is 12.2. The molecule has 0 bridgehead atoms. The number of benzene rings is 3. The van der Waals surface area contributed by atoms with Crippen LogP contribution in [0.1, 0.15) is 46.9 Å². The maximum atomic E-state index is 13.2. The van der Waals surface area contributed by atoms with Gasteiger partial charge >= 0.3 is 0 Å². The van der Waals surface area contributed by atoms with Crippen LogP contribution < -0.4 is 9.62 Å². The molecule has 3 aromatic carbocycles. The van der Waals surface area contributed by atoms with Gasteiger partial charge in [0.25, 0.3) is 5.91 Å². The molecule has 1 atom stereocenters. The highest BCUT2D eigenvalue weighted by Gasteiger charge is 2.19. The molecule has 3 rings (SSSR count). The zero-order valence-electron chi connectivity index (χ0n) is 18.4. The van der Waals surface area contributed by atoms with Crippen LogP contribution in [0, 0.1) is 5.82 Å². The molecule has 168 valence electrons. The van der Waals surface area contributed by atoms with Gasteiger partial charge in [-0.25, -0.2) is 12.8 Å². The lowest BCUT2D eigenvalue weighted by Gasteiger charge is -2.23. The van der Waals surface area contributed by atoms with Crippen LogP contribution in [0.25, 0.3) is 0 Å². The quantitative estimate of drug-likeness (QED) is 0.529. The highest BCUT2D eigenvalue weighted by Crippen LogP contribution is 2.22. The lowest BCUT2D eigenvalue weighted by Crippen LogP contribution is -2.29. The minimum Gasteiger partial charge on any atom is -0.346 e. The van der Waals surface area contributed by atoms with E-state index in [1.54, 1.807) is 36.4 Å². The Hall–Kier alpha value is -3.19. The van der Waals surface area contributed by atoms with E-state index in [0.29, 0.717) is 16.8 Å². The number of nitrogens with one attached hydrogen (secondary N) is 1. The third-order valence-electron chi connectivity index (χ3n) is 5.29. The van der Waals surface area contributed by atoms with Gasteiger partial charge in [0.15, 0.2) is 0 Å². The van der Waals surface area contributed by atoms with E-state index in [2.05, 4.69) is 12.2 Å². The molecule has 0 heterocycles. The van der Waals surface area contributed by atoms with Crippen LogP contribution in [0.3, 0.4) is 0 Å². The Kier molecular flexibility index (Phi) is 7.30. The normalized spacial score (nSPS) is 12.2. The number of rotatable bonds is 8. The highest BCUT2D eigenvalue weighted by molar-refractivity contribution is 7.92. The number of aryl methyl sites for hydroxylation is 1. The fourth-order valence-electron chi connectivity index (χ4n) is 3.34. The van der Waals surface area contributed by atoms with Crippen molar-refractivity contribution in [2.75, 3.05) is 10.6 Å². The molecule has 0 aromatic heterocycles. The summed E-state index contributed by atoms with van der Waals surface area (Å²) in [7, 11) is -3.58. The molecule has 1 amide bonds. The SMILES string of the molecule is CCc1ccc([C@@H](C)NC(=O)c2ccc(N(Cc3ccc(F)cc3)S(C)(=O)=O)cc2)cc1. The van der Waals surface area contributed by atoms with E-state index < -0.39 is 10.0 Å². The molecule has 0 aliphatic rings. The summed E-state index contributed by atoms with van der Waals surface area (Å²) in [5.74, 6) is -0.626. The van der Waals surface area contributed by atoms with Crippen LogP contribution in [0.15, 0.2) is 72.8 Å². The number of sulfonamides is 1. The predicted octanol–water partition coefficient (Wildman–Crippen LogP) is 4.85. The number of carbonyl (C=O) groups excluding carboxylic acids is 1. The van der Waals surface area contributed by atoms with Gasteiger partial charge in [-0.3, -0.25) is 9.10 Å². The summed E-state index contributed by atoms with van der Waals surface area (Å²) in [6.45, 7) is 4.07. The van der Waals surface area contributed by atoms with Gasteiger partial charge < -0.3 is 5.32 Å². The second-order valence-corrected chi connectivity index (χ2v) is 9.64. The molecule has 0 saturated heterocycles. The summed E-state index contributed by atoms with van der Waals surface area (Å²) >= 11 is 0. The first-order chi connectivity index (χ1) is 15.2. The number of amides is 1. The Morgan fingerprint density at radius 3 is 2.03 bits per heavy atom. The van der Waals surface area contributed by atoms with Gasteiger partial charge in [-0.2, -0.15) is 0 Å². The number of halogens is 1. The second-order valence-electron chi connectivity index (χ2n) is 7.73. The van der Waals surface area contributed by atoms with Crippen molar-refractivity contribution in [2.24, 2.45) is 0 Å². The van der Waals surface area contributed by atoms with E-state index in [-0.39, 0.29) is 24.3 Å². The zero-order chi connectivity index (χ0) is 23.3. The van der Waals surface area contributed by atoms with Gasteiger partial charge in [0.2, 0.25) is 10.0 Å². The van der Waals surface area contributed by atoms with Crippen molar-refractivity contribution < 1.29 is 17.6 Å². The maximum absolute atomic E-state index is 13.2. The van der Waals surface area contributed by atoms with Crippen LogP contribution >= 0.6 is 0 Å². The molecule has 5 nitrogen and oxygen atoms in total. The molecule has 0 saturated carbocycles. The number of anilines is 1. The molecule has 0 aliphatic heterocycles.